The highest BCUT2D eigenvalue weighted by Gasteiger charge is 2.25. The quantitative estimate of drug-likeness (QED) is 0.367. The summed E-state index contributed by atoms with van der Waals surface area (Å²) in [5, 5.41) is 4.92. The van der Waals surface area contributed by atoms with E-state index in [1.165, 1.54) is 19.2 Å². The van der Waals surface area contributed by atoms with E-state index in [0.717, 1.165) is 0 Å². The van der Waals surface area contributed by atoms with E-state index in [-0.39, 0.29) is 18.7 Å². The number of carbonyl (C=O) groups is 4. The lowest BCUT2D eigenvalue weighted by Crippen LogP contribution is -2.50. The Balaban J connectivity index is 2.86. The van der Waals surface area contributed by atoms with Gasteiger partial charge in [-0.2, -0.15) is 0 Å². The topological polar surface area (TPSA) is 129 Å². The predicted octanol–water partition coefficient (Wildman–Crippen LogP) is 2.73. The Hall–Kier alpha value is -3.30. The van der Waals surface area contributed by atoms with Crippen molar-refractivity contribution >= 4 is 24.1 Å². The second-order valence-electron chi connectivity index (χ2n) is 8.91. The number of esters is 1. The van der Waals surface area contributed by atoms with Gasteiger partial charge in [0, 0.05) is 6.42 Å². The molecule has 0 radical (unpaired) electrons. The largest absolute Gasteiger partial charge is 0.514 e. The molecular weight excluding hydrogens is 420 g/mol. The first-order valence-electron chi connectivity index (χ1n) is 10.0. The van der Waals surface area contributed by atoms with Crippen molar-refractivity contribution in [3.63, 3.8) is 0 Å². The summed E-state index contributed by atoms with van der Waals surface area (Å²) in [7, 11) is 1.20. The average Bonchev–Trinajstić information content (AvgIpc) is 2.63. The van der Waals surface area contributed by atoms with Gasteiger partial charge in [0.05, 0.1) is 7.11 Å². The maximum absolute atomic E-state index is 12.5. The van der Waals surface area contributed by atoms with Crippen LogP contribution in [0.2, 0.25) is 0 Å². The summed E-state index contributed by atoms with van der Waals surface area (Å²) in [6.07, 6.45) is -1.52. The number of rotatable bonds is 7. The number of amides is 2. The van der Waals surface area contributed by atoms with Crippen molar-refractivity contribution in [2.24, 2.45) is 0 Å². The number of methoxy groups -OCH3 is 1. The van der Waals surface area contributed by atoms with Crippen molar-refractivity contribution in [2.75, 3.05) is 13.7 Å². The minimum atomic E-state index is -1.02. The lowest BCUT2D eigenvalue weighted by molar-refractivity contribution is -0.141. The molecule has 32 heavy (non-hydrogen) atoms. The first kappa shape index (κ1) is 26.7. The van der Waals surface area contributed by atoms with Gasteiger partial charge >= 0.3 is 18.2 Å². The molecule has 0 aliphatic rings. The lowest BCUT2D eigenvalue weighted by atomic mass is 10.1. The molecule has 10 nitrogen and oxygen atoms in total. The number of benzene rings is 1. The van der Waals surface area contributed by atoms with E-state index in [4.69, 9.17) is 14.2 Å². The highest BCUT2D eigenvalue weighted by molar-refractivity contribution is 5.88. The Morgan fingerprint density at radius 3 is 1.97 bits per heavy atom. The lowest BCUT2D eigenvalue weighted by Gasteiger charge is -2.23. The predicted molar refractivity (Wildman–Crippen MR) is 115 cm³/mol. The third-order valence-corrected chi connectivity index (χ3v) is 3.60. The van der Waals surface area contributed by atoms with Crippen LogP contribution in [-0.2, 0) is 30.2 Å². The molecule has 1 aromatic carbocycles. The van der Waals surface area contributed by atoms with Crippen LogP contribution in [0.25, 0.3) is 0 Å². The molecule has 0 aliphatic carbocycles. The minimum Gasteiger partial charge on any atom is -0.468 e. The van der Waals surface area contributed by atoms with E-state index < -0.39 is 41.4 Å². The van der Waals surface area contributed by atoms with E-state index >= 15 is 0 Å². The molecule has 0 spiro atoms. The Morgan fingerprint density at radius 2 is 1.47 bits per heavy atom. The normalized spacial score (nSPS) is 12.2. The van der Waals surface area contributed by atoms with Crippen molar-refractivity contribution in [1.29, 1.82) is 0 Å². The van der Waals surface area contributed by atoms with Gasteiger partial charge in [-0.3, -0.25) is 9.59 Å². The minimum absolute atomic E-state index is 0.0962. The highest BCUT2D eigenvalue weighted by atomic mass is 16.7. The van der Waals surface area contributed by atoms with Crippen LogP contribution in [0.1, 0.15) is 47.1 Å². The van der Waals surface area contributed by atoms with Gasteiger partial charge in [-0.25, -0.2) is 9.59 Å². The van der Waals surface area contributed by atoms with E-state index in [0.29, 0.717) is 5.56 Å². The zero-order valence-corrected chi connectivity index (χ0v) is 19.6. The molecule has 0 bridgehead atoms. The molecule has 0 saturated carbocycles. The molecule has 0 unspecified atom stereocenters. The van der Waals surface area contributed by atoms with Crippen molar-refractivity contribution in [1.82, 2.24) is 10.6 Å². The Labute approximate surface area is 187 Å². The van der Waals surface area contributed by atoms with E-state index in [1.807, 2.05) is 0 Å². The van der Waals surface area contributed by atoms with E-state index in [9.17, 15) is 19.2 Å². The smallest absolute Gasteiger partial charge is 0.468 e. The number of carbonyl (C=O) groups excluding carboxylic acids is 4. The molecule has 178 valence electrons. The zero-order valence-electron chi connectivity index (χ0n) is 19.6. The second kappa shape index (κ2) is 11.4. The van der Waals surface area contributed by atoms with Gasteiger partial charge in [0.1, 0.15) is 29.5 Å². The number of alkyl carbamates (subject to hydrolysis) is 1. The van der Waals surface area contributed by atoms with Crippen LogP contribution >= 0.6 is 0 Å². The molecule has 0 saturated heterocycles. The van der Waals surface area contributed by atoms with Gasteiger partial charge in [0.25, 0.3) is 0 Å². The molecule has 2 amide bonds. The van der Waals surface area contributed by atoms with Crippen LogP contribution in [0, 0.1) is 0 Å². The molecule has 0 aromatic heterocycles. The third-order valence-electron chi connectivity index (χ3n) is 3.60. The maximum atomic E-state index is 12.5. The summed E-state index contributed by atoms with van der Waals surface area (Å²) in [6.45, 7) is 9.92. The molecule has 0 aliphatic heterocycles. The monoisotopic (exact) mass is 452 g/mol. The summed E-state index contributed by atoms with van der Waals surface area (Å²) in [5.74, 6) is -0.955. The van der Waals surface area contributed by atoms with Crippen molar-refractivity contribution in [3.05, 3.63) is 29.8 Å². The Morgan fingerprint density at radius 1 is 0.906 bits per heavy atom. The maximum Gasteiger partial charge on any atom is 0.514 e. The standard InChI is InChI=1S/C22H32N2O8/c1-21(2,3)31-19(27)24-16(18(26)23-13-17(25)29-7)12-14-8-10-15(11-9-14)30-20(28)32-22(4,5)6/h8-11,16H,12-13H2,1-7H3,(H,23,26)(H,24,27)/t16-/m0/s1. The second-order valence-corrected chi connectivity index (χ2v) is 8.91. The fraction of sp³-hybridized carbons (Fsp3) is 0.545. The molecule has 1 rings (SSSR count). The van der Waals surface area contributed by atoms with Gasteiger partial charge in [-0.15, -0.1) is 0 Å². The van der Waals surface area contributed by atoms with Crippen molar-refractivity contribution in [3.8, 4) is 5.75 Å². The van der Waals surface area contributed by atoms with Gasteiger partial charge in [0.15, 0.2) is 0 Å². The van der Waals surface area contributed by atoms with Crippen LogP contribution in [-0.4, -0.2) is 55.0 Å². The van der Waals surface area contributed by atoms with Crippen molar-refractivity contribution < 1.29 is 38.1 Å². The summed E-state index contributed by atoms with van der Waals surface area (Å²) in [6, 6.07) is 5.33. The first-order chi connectivity index (χ1) is 14.7. The van der Waals surface area contributed by atoms with Crippen LogP contribution in [0.4, 0.5) is 9.59 Å². The fourth-order valence-corrected chi connectivity index (χ4v) is 2.31. The molecule has 2 N–H and O–H groups in total. The zero-order chi connectivity index (χ0) is 24.5. The molecule has 10 heteroatoms. The average molecular weight is 453 g/mol. The third kappa shape index (κ3) is 11.2. The molecule has 0 heterocycles. The Kier molecular flexibility index (Phi) is 9.49. The molecule has 1 aromatic rings. The number of nitrogens with one attached hydrogen (secondary N) is 2. The van der Waals surface area contributed by atoms with Crippen LogP contribution in [0.15, 0.2) is 24.3 Å². The van der Waals surface area contributed by atoms with E-state index in [1.54, 1.807) is 53.7 Å². The first-order valence-corrected chi connectivity index (χ1v) is 10.0. The summed E-state index contributed by atoms with van der Waals surface area (Å²) >= 11 is 0. The van der Waals surface area contributed by atoms with Crippen LogP contribution in [0.3, 0.4) is 0 Å². The van der Waals surface area contributed by atoms with Gasteiger partial charge in [0.2, 0.25) is 5.91 Å². The van der Waals surface area contributed by atoms with Gasteiger partial charge in [-0.05, 0) is 59.2 Å². The number of hydrogen-bond acceptors (Lipinski definition) is 8. The molecular formula is C22H32N2O8. The Bertz CT molecular complexity index is 807. The van der Waals surface area contributed by atoms with Gasteiger partial charge in [-0.1, -0.05) is 12.1 Å². The van der Waals surface area contributed by atoms with Crippen molar-refractivity contribution in [2.45, 2.75) is 65.2 Å². The summed E-state index contributed by atoms with van der Waals surface area (Å²) in [4.78, 5) is 47.8. The number of hydrogen-bond donors (Lipinski definition) is 2. The molecule has 0 fully saturated rings. The van der Waals surface area contributed by atoms with Crippen LogP contribution in [0.5, 0.6) is 5.75 Å². The van der Waals surface area contributed by atoms with E-state index in [2.05, 4.69) is 15.4 Å². The summed E-state index contributed by atoms with van der Waals surface area (Å²) < 4.78 is 19.9. The summed E-state index contributed by atoms with van der Waals surface area (Å²) in [5.41, 5.74) is -0.775. The SMILES string of the molecule is COC(=O)CNC(=O)[C@H](Cc1ccc(OC(=O)OC(C)(C)C)cc1)NC(=O)OC(C)(C)C. The highest BCUT2D eigenvalue weighted by Crippen LogP contribution is 2.16. The van der Waals surface area contributed by atoms with Crippen LogP contribution < -0.4 is 15.4 Å². The number of ether oxygens (including phenoxy) is 4. The molecule has 1 atom stereocenters. The van der Waals surface area contributed by atoms with Gasteiger partial charge < -0.3 is 29.6 Å². The fourth-order valence-electron chi connectivity index (χ4n) is 2.31.